The fourth-order valence-electron chi connectivity index (χ4n) is 1.91. The second kappa shape index (κ2) is 3.33. The van der Waals surface area contributed by atoms with E-state index in [1.54, 1.807) is 0 Å². The average Bonchev–Trinajstić information content (AvgIpc) is 2.06. The molecule has 13 heavy (non-hydrogen) atoms. The van der Waals surface area contributed by atoms with Gasteiger partial charge in [0.2, 0.25) is 0 Å². The van der Waals surface area contributed by atoms with Crippen LogP contribution in [0.1, 0.15) is 24.5 Å². The molecule has 0 bridgehead atoms. The summed E-state index contributed by atoms with van der Waals surface area (Å²) >= 11 is 3.53. The molecule has 1 aliphatic rings. The second-order valence-electron chi connectivity index (χ2n) is 3.84. The monoisotopic (exact) mass is 239 g/mol. The third kappa shape index (κ3) is 1.73. The van der Waals surface area contributed by atoms with Gasteiger partial charge in [0.05, 0.1) is 0 Å². The molecular formula is C11H14BrN. The van der Waals surface area contributed by atoms with E-state index in [2.05, 4.69) is 47.2 Å². The molecule has 0 saturated heterocycles. The Hall–Kier alpha value is -0.500. The van der Waals surface area contributed by atoms with Gasteiger partial charge in [-0.25, -0.2) is 0 Å². The molecule has 1 N–H and O–H groups in total. The summed E-state index contributed by atoms with van der Waals surface area (Å²) in [7, 11) is 0. The van der Waals surface area contributed by atoms with Gasteiger partial charge in [-0.05, 0) is 49.9 Å². The Bertz CT molecular complexity index is 333. The van der Waals surface area contributed by atoms with Gasteiger partial charge in [-0.2, -0.15) is 0 Å². The van der Waals surface area contributed by atoms with Crippen LogP contribution in [0.25, 0.3) is 0 Å². The van der Waals surface area contributed by atoms with Gasteiger partial charge >= 0.3 is 0 Å². The quantitative estimate of drug-likeness (QED) is 0.731. The minimum Gasteiger partial charge on any atom is -0.382 e. The number of anilines is 1. The van der Waals surface area contributed by atoms with Crippen LogP contribution in [0.15, 0.2) is 16.6 Å². The third-order valence-corrected chi connectivity index (χ3v) is 3.08. The van der Waals surface area contributed by atoms with Crippen molar-refractivity contribution in [1.29, 1.82) is 0 Å². The molecular weight excluding hydrogens is 226 g/mol. The van der Waals surface area contributed by atoms with Gasteiger partial charge in [-0.3, -0.25) is 0 Å². The molecule has 0 radical (unpaired) electrons. The second-order valence-corrected chi connectivity index (χ2v) is 4.76. The molecule has 0 fully saturated rings. The van der Waals surface area contributed by atoms with Crippen molar-refractivity contribution >= 4 is 21.6 Å². The van der Waals surface area contributed by atoms with Gasteiger partial charge in [0, 0.05) is 16.2 Å². The van der Waals surface area contributed by atoms with Gasteiger partial charge in [-0.15, -0.1) is 0 Å². The van der Waals surface area contributed by atoms with Crippen LogP contribution in [0.3, 0.4) is 0 Å². The third-order valence-electron chi connectivity index (χ3n) is 2.62. The molecule has 0 spiro atoms. The Morgan fingerprint density at radius 3 is 3.00 bits per heavy atom. The first-order valence-corrected chi connectivity index (χ1v) is 5.51. The SMILES string of the molecule is Cc1cc(Br)cc2c1N[C@@H](C)CC2. The first-order chi connectivity index (χ1) is 6.16. The summed E-state index contributed by atoms with van der Waals surface area (Å²) in [4.78, 5) is 0. The first-order valence-electron chi connectivity index (χ1n) is 4.72. The zero-order valence-corrected chi connectivity index (χ0v) is 9.61. The largest absolute Gasteiger partial charge is 0.382 e. The van der Waals surface area contributed by atoms with E-state index in [-0.39, 0.29) is 0 Å². The van der Waals surface area contributed by atoms with Crippen LogP contribution in [-0.2, 0) is 6.42 Å². The lowest BCUT2D eigenvalue weighted by molar-refractivity contribution is 0.679. The Morgan fingerprint density at radius 1 is 1.46 bits per heavy atom. The molecule has 0 aromatic heterocycles. The van der Waals surface area contributed by atoms with Crippen molar-refractivity contribution in [1.82, 2.24) is 0 Å². The topological polar surface area (TPSA) is 12.0 Å². The maximum atomic E-state index is 3.53. The molecule has 1 aromatic rings. The Labute approximate surface area is 87.7 Å². The van der Waals surface area contributed by atoms with Crippen LogP contribution in [0, 0.1) is 6.92 Å². The highest BCUT2D eigenvalue weighted by Gasteiger charge is 2.15. The van der Waals surface area contributed by atoms with E-state index >= 15 is 0 Å². The minimum absolute atomic E-state index is 0.618. The number of hydrogen-bond donors (Lipinski definition) is 1. The van der Waals surface area contributed by atoms with Crippen molar-refractivity contribution in [2.75, 3.05) is 5.32 Å². The Balaban J connectivity index is 2.47. The molecule has 1 heterocycles. The standard InChI is InChI=1S/C11H14BrN/c1-7-5-10(12)6-9-4-3-8(2)13-11(7)9/h5-6,8,13H,3-4H2,1-2H3/t8-/m0/s1. The number of nitrogens with one attached hydrogen (secondary N) is 1. The van der Waals surface area contributed by atoms with Gasteiger partial charge in [0.25, 0.3) is 0 Å². The zero-order chi connectivity index (χ0) is 9.42. The molecule has 0 saturated carbocycles. The van der Waals surface area contributed by atoms with Crippen molar-refractivity contribution in [3.63, 3.8) is 0 Å². The van der Waals surface area contributed by atoms with Crippen LogP contribution in [0.2, 0.25) is 0 Å². The van der Waals surface area contributed by atoms with E-state index in [0.29, 0.717) is 6.04 Å². The number of halogens is 1. The molecule has 70 valence electrons. The maximum Gasteiger partial charge on any atom is 0.0405 e. The molecule has 2 rings (SSSR count). The highest BCUT2D eigenvalue weighted by molar-refractivity contribution is 9.10. The lowest BCUT2D eigenvalue weighted by atomic mass is 9.96. The average molecular weight is 240 g/mol. The van der Waals surface area contributed by atoms with Crippen LogP contribution < -0.4 is 5.32 Å². The van der Waals surface area contributed by atoms with Crippen molar-refractivity contribution in [2.45, 2.75) is 32.7 Å². The highest BCUT2D eigenvalue weighted by atomic mass is 79.9. The van der Waals surface area contributed by atoms with Crippen LogP contribution in [0.4, 0.5) is 5.69 Å². The highest BCUT2D eigenvalue weighted by Crippen LogP contribution is 2.31. The van der Waals surface area contributed by atoms with E-state index in [9.17, 15) is 0 Å². The summed E-state index contributed by atoms with van der Waals surface area (Å²) in [5, 5.41) is 3.53. The fraction of sp³-hybridized carbons (Fsp3) is 0.455. The van der Waals surface area contributed by atoms with Gasteiger partial charge in [0.1, 0.15) is 0 Å². The summed E-state index contributed by atoms with van der Waals surface area (Å²) in [6.45, 7) is 4.40. The summed E-state index contributed by atoms with van der Waals surface area (Å²) in [6, 6.07) is 5.01. The van der Waals surface area contributed by atoms with Crippen molar-refractivity contribution in [3.8, 4) is 0 Å². The van der Waals surface area contributed by atoms with E-state index in [1.807, 2.05) is 0 Å². The number of hydrogen-bond acceptors (Lipinski definition) is 1. The van der Waals surface area contributed by atoms with Crippen molar-refractivity contribution < 1.29 is 0 Å². The molecule has 1 atom stereocenters. The van der Waals surface area contributed by atoms with Crippen molar-refractivity contribution in [3.05, 3.63) is 27.7 Å². The summed E-state index contributed by atoms with van der Waals surface area (Å²) < 4.78 is 1.19. The van der Waals surface area contributed by atoms with Gasteiger partial charge in [-0.1, -0.05) is 15.9 Å². The Morgan fingerprint density at radius 2 is 2.23 bits per heavy atom. The predicted molar refractivity (Wildman–Crippen MR) is 60.3 cm³/mol. The normalized spacial score (nSPS) is 20.7. The van der Waals surface area contributed by atoms with E-state index < -0.39 is 0 Å². The van der Waals surface area contributed by atoms with E-state index in [1.165, 1.54) is 34.1 Å². The molecule has 0 amide bonds. The summed E-state index contributed by atoms with van der Waals surface area (Å²) in [5.41, 5.74) is 4.14. The molecule has 0 unspecified atom stereocenters. The smallest absolute Gasteiger partial charge is 0.0405 e. The fourth-order valence-corrected chi connectivity index (χ4v) is 2.53. The summed E-state index contributed by atoms with van der Waals surface area (Å²) in [6.07, 6.45) is 2.44. The molecule has 1 aromatic carbocycles. The van der Waals surface area contributed by atoms with Crippen LogP contribution in [0.5, 0.6) is 0 Å². The van der Waals surface area contributed by atoms with Crippen molar-refractivity contribution in [2.24, 2.45) is 0 Å². The molecule has 2 heteroatoms. The zero-order valence-electron chi connectivity index (χ0n) is 8.02. The van der Waals surface area contributed by atoms with Gasteiger partial charge in [0.15, 0.2) is 0 Å². The molecule has 1 nitrogen and oxygen atoms in total. The van der Waals surface area contributed by atoms with E-state index in [0.717, 1.165) is 0 Å². The first kappa shape index (κ1) is 9.07. The minimum atomic E-state index is 0.618. The number of aryl methyl sites for hydroxylation is 2. The summed E-state index contributed by atoms with van der Waals surface area (Å²) in [5.74, 6) is 0. The maximum absolute atomic E-state index is 3.53. The lowest BCUT2D eigenvalue weighted by Crippen LogP contribution is -2.22. The Kier molecular flexibility index (Phi) is 2.33. The van der Waals surface area contributed by atoms with Crippen LogP contribution in [-0.4, -0.2) is 6.04 Å². The van der Waals surface area contributed by atoms with Crippen LogP contribution >= 0.6 is 15.9 Å². The van der Waals surface area contributed by atoms with Gasteiger partial charge < -0.3 is 5.32 Å². The predicted octanol–water partition coefficient (Wildman–Crippen LogP) is 3.50. The number of fused-ring (bicyclic) bond motifs is 1. The lowest BCUT2D eigenvalue weighted by Gasteiger charge is -2.26. The molecule has 1 aliphatic heterocycles. The number of benzene rings is 1. The number of rotatable bonds is 0. The van der Waals surface area contributed by atoms with E-state index in [4.69, 9.17) is 0 Å². The molecule has 0 aliphatic carbocycles.